The first-order valence-corrected chi connectivity index (χ1v) is 7.87. The second-order valence-electron chi connectivity index (χ2n) is 6.01. The van der Waals surface area contributed by atoms with E-state index >= 15 is 0 Å². The van der Waals surface area contributed by atoms with Gasteiger partial charge < -0.3 is 15.5 Å². The van der Waals surface area contributed by atoms with Gasteiger partial charge in [0.25, 0.3) is 0 Å². The Kier molecular flexibility index (Phi) is 4.41. The van der Waals surface area contributed by atoms with E-state index in [1.165, 1.54) is 16.7 Å². The summed E-state index contributed by atoms with van der Waals surface area (Å²) >= 11 is 0. The standard InChI is InChI=1S/C18H24N4/c1-14-5-3-4-6-16(14)17-11-18(20-13-15(17)12-19)22-9-7-21(2)8-10-22/h3-6,11,13H,7-10,12,19H2,1-2H3. The number of piperazine rings is 1. The van der Waals surface area contributed by atoms with Crippen molar-refractivity contribution in [3.05, 3.63) is 47.7 Å². The third-order valence-electron chi connectivity index (χ3n) is 4.45. The number of hydrogen-bond acceptors (Lipinski definition) is 4. The number of rotatable bonds is 3. The minimum atomic E-state index is 0.514. The van der Waals surface area contributed by atoms with Crippen LogP contribution in [-0.4, -0.2) is 43.1 Å². The van der Waals surface area contributed by atoms with Gasteiger partial charge in [-0.2, -0.15) is 0 Å². The largest absolute Gasteiger partial charge is 0.354 e. The zero-order valence-electron chi connectivity index (χ0n) is 13.4. The second-order valence-corrected chi connectivity index (χ2v) is 6.01. The minimum Gasteiger partial charge on any atom is -0.354 e. The molecule has 0 radical (unpaired) electrons. The van der Waals surface area contributed by atoms with Crippen molar-refractivity contribution < 1.29 is 0 Å². The predicted molar refractivity (Wildman–Crippen MR) is 92.0 cm³/mol. The highest BCUT2D eigenvalue weighted by molar-refractivity contribution is 5.73. The molecule has 0 aliphatic carbocycles. The Bertz CT molecular complexity index is 645. The average molecular weight is 296 g/mol. The van der Waals surface area contributed by atoms with Crippen LogP contribution in [0.25, 0.3) is 11.1 Å². The summed E-state index contributed by atoms with van der Waals surface area (Å²) in [6, 6.07) is 10.7. The van der Waals surface area contributed by atoms with Gasteiger partial charge in [-0.1, -0.05) is 24.3 Å². The van der Waals surface area contributed by atoms with Gasteiger partial charge in [0, 0.05) is 38.9 Å². The molecule has 1 saturated heterocycles. The number of aryl methyl sites for hydroxylation is 1. The number of likely N-dealkylation sites (N-methyl/N-ethyl adjacent to an activating group) is 1. The number of aromatic nitrogens is 1. The molecular formula is C18H24N4. The third-order valence-corrected chi connectivity index (χ3v) is 4.45. The van der Waals surface area contributed by atoms with Crippen LogP contribution in [0.3, 0.4) is 0 Å². The molecule has 116 valence electrons. The Balaban J connectivity index is 1.98. The van der Waals surface area contributed by atoms with Gasteiger partial charge >= 0.3 is 0 Å². The fraction of sp³-hybridized carbons (Fsp3) is 0.389. The van der Waals surface area contributed by atoms with Crippen LogP contribution in [0.4, 0.5) is 5.82 Å². The average Bonchev–Trinajstić information content (AvgIpc) is 2.55. The van der Waals surface area contributed by atoms with Crippen LogP contribution in [-0.2, 0) is 6.54 Å². The molecule has 1 aromatic heterocycles. The van der Waals surface area contributed by atoms with E-state index in [1.54, 1.807) is 0 Å². The van der Waals surface area contributed by atoms with Crippen LogP contribution in [0.5, 0.6) is 0 Å². The molecule has 3 rings (SSSR count). The van der Waals surface area contributed by atoms with Crippen LogP contribution < -0.4 is 10.6 Å². The van der Waals surface area contributed by atoms with Crippen LogP contribution >= 0.6 is 0 Å². The predicted octanol–water partition coefficient (Wildman–Crippen LogP) is 2.27. The van der Waals surface area contributed by atoms with Gasteiger partial charge in [-0.05, 0) is 42.3 Å². The number of benzene rings is 1. The molecule has 4 heteroatoms. The third kappa shape index (κ3) is 2.98. The molecule has 1 aliphatic heterocycles. The van der Waals surface area contributed by atoms with Gasteiger partial charge in [0.1, 0.15) is 5.82 Å². The Morgan fingerprint density at radius 3 is 2.50 bits per heavy atom. The molecular weight excluding hydrogens is 272 g/mol. The van der Waals surface area contributed by atoms with Gasteiger partial charge in [-0.15, -0.1) is 0 Å². The molecule has 1 fully saturated rings. The smallest absolute Gasteiger partial charge is 0.129 e. The van der Waals surface area contributed by atoms with E-state index in [-0.39, 0.29) is 0 Å². The molecule has 22 heavy (non-hydrogen) atoms. The van der Waals surface area contributed by atoms with Crippen molar-refractivity contribution in [3.8, 4) is 11.1 Å². The van der Waals surface area contributed by atoms with E-state index in [9.17, 15) is 0 Å². The van der Waals surface area contributed by atoms with Crippen LogP contribution in [0.1, 0.15) is 11.1 Å². The topological polar surface area (TPSA) is 45.4 Å². The summed E-state index contributed by atoms with van der Waals surface area (Å²) in [6.45, 7) is 6.88. The fourth-order valence-corrected chi connectivity index (χ4v) is 2.97. The normalized spacial score (nSPS) is 16.0. The SMILES string of the molecule is Cc1ccccc1-c1cc(N2CCN(C)CC2)ncc1CN. The highest BCUT2D eigenvalue weighted by Crippen LogP contribution is 2.29. The molecule has 4 nitrogen and oxygen atoms in total. The maximum Gasteiger partial charge on any atom is 0.129 e. The molecule has 0 spiro atoms. The maximum atomic E-state index is 5.92. The van der Waals surface area contributed by atoms with Crippen molar-refractivity contribution in [2.24, 2.45) is 5.73 Å². The van der Waals surface area contributed by atoms with E-state index < -0.39 is 0 Å². The number of pyridine rings is 1. The molecule has 0 atom stereocenters. The fourth-order valence-electron chi connectivity index (χ4n) is 2.97. The first-order chi connectivity index (χ1) is 10.7. The van der Waals surface area contributed by atoms with Gasteiger partial charge in [-0.25, -0.2) is 4.98 Å². The van der Waals surface area contributed by atoms with Gasteiger partial charge in [0.05, 0.1) is 0 Å². The lowest BCUT2D eigenvalue weighted by molar-refractivity contribution is 0.312. The lowest BCUT2D eigenvalue weighted by atomic mass is 9.97. The molecule has 2 heterocycles. The second kappa shape index (κ2) is 6.46. The first-order valence-electron chi connectivity index (χ1n) is 7.87. The molecule has 0 saturated carbocycles. The van der Waals surface area contributed by atoms with Crippen LogP contribution in [0.2, 0.25) is 0 Å². The molecule has 0 amide bonds. The highest BCUT2D eigenvalue weighted by Gasteiger charge is 2.17. The van der Waals surface area contributed by atoms with E-state index in [2.05, 4.69) is 59.1 Å². The highest BCUT2D eigenvalue weighted by atomic mass is 15.3. The van der Waals surface area contributed by atoms with Gasteiger partial charge in [0.15, 0.2) is 0 Å². The molecule has 2 aromatic rings. The lowest BCUT2D eigenvalue weighted by Crippen LogP contribution is -2.44. The van der Waals surface area contributed by atoms with Crippen LogP contribution in [0, 0.1) is 6.92 Å². The summed E-state index contributed by atoms with van der Waals surface area (Å²) < 4.78 is 0. The molecule has 1 aliphatic rings. The Labute approximate surface area is 132 Å². The minimum absolute atomic E-state index is 0.514. The van der Waals surface area contributed by atoms with Crippen molar-refractivity contribution in [2.75, 3.05) is 38.1 Å². The van der Waals surface area contributed by atoms with Gasteiger partial charge in [-0.3, -0.25) is 0 Å². The number of anilines is 1. The summed E-state index contributed by atoms with van der Waals surface area (Å²) in [5.74, 6) is 1.06. The molecule has 2 N–H and O–H groups in total. The molecule has 1 aromatic carbocycles. The quantitative estimate of drug-likeness (QED) is 0.944. The monoisotopic (exact) mass is 296 g/mol. The Morgan fingerprint density at radius 2 is 1.82 bits per heavy atom. The first kappa shape index (κ1) is 15.0. The van der Waals surface area contributed by atoms with Crippen LogP contribution in [0.15, 0.2) is 36.5 Å². The molecule has 0 bridgehead atoms. The summed E-state index contributed by atoms with van der Waals surface area (Å²) in [5.41, 5.74) is 10.8. The van der Waals surface area contributed by atoms with E-state index in [1.807, 2.05) is 6.20 Å². The van der Waals surface area contributed by atoms with Crippen molar-refractivity contribution in [1.82, 2.24) is 9.88 Å². The number of nitrogens with zero attached hydrogens (tertiary/aromatic N) is 3. The lowest BCUT2D eigenvalue weighted by Gasteiger charge is -2.33. The maximum absolute atomic E-state index is 5.92. The van der Waals surface area contributed by atoms with Crippen molar-refractivity contribution in [2.45, 2.75) is 13.5 Å². The van der Waals surface area contributed by atoms with Crippen molar-refractivity contribution in [3.63, 3.8) is 0 Å². The van der Waals surface area contributed by atoms with Crippen molar-refractivity contribution in [1.29, 1.82) is 0 Å². The van der Waals surface area contributed by atoms with E-state index in [0.29, 0.717) is 6.54 Å². The summed E-state index contributed by atoms with van der Waals surface area (Å²) in [6.07, 6.45) is 1.94. The van der Waals surface area contributed by atoms with Crippen molar-refractivity contribution >= 4 is 5.82 Å². The Morgan fingerprint density at radius 1 is 1.09 bits per heavy atom. The van der Waals surface area contributed by atoms with Gasteiger partial charge in [0.2, 0.25) is 0 Å². The van der Waals surface area contributed by atoms with E-state index in [0.717, 1.165) is 37.6 Å². The summed E-state index contributed by atoms with van der Waals surface area (Å²) in [7, 11) is 2.17. The number of hydrogen-bond donors (Lipinski definition) is 1. The number of nitrogens with two attached hydrogens (primary N) is 1. The zero-order valence-corrected chi connectivity index (χ0v) is 13.4. The van der Waals surface area contributed by atoms with E-state index in [4.69, 9.17) is 5.73 Å². The zero-order chi connectivity index (χ0) is 15.5. The summed E-state index contributed by atoms with van der Waals surface area (Å²) in [4.78, 5) is 9.36. The summed E-state index contributed by atoms with van der Waals surface area (Å²) in [5, 5.41) is 0. The molecule has 0 unspecified atom stereocenters. The Hall–Kier alpha value is -1.91.